The Morgan fingerprint density at radius 1 is 0.323 bits per heavy atom. The molecule has 384 valence electrons. The fraction of sp³-hybridized carbons (Fsp3) is 0.917. The van der Waals surface area contributed by atoms with Gasteiger partial charge in [0.1, 0.15) is 22.4 Å². The SMILES string of the molecule is CCCOC(C)C(CC)(OCCC)C(=O)[O-].CCCOC(C)C(CC)(OCCC)C(=O)[O-].CCCOC(C)C(CC)(OCCC)C(=O)[O-].CCCOC(C)C(CC)(OCCC)C(=O)[O-].[Ti+4]. The van der Waals surface area contributed by atoms with E-state index in [0.29, 0.717) is 78.5 Å². The smallest absolute Gasteiger partial charge is 0.547 e. The van der Waals surface area contributed by atoms with Crippen LogP contribution in [0.1, 0.15) is 188 Å². The number of hydrogen-bond acceptors (Lipinski definition) is 16. The van der Waals surface area contributed by atoms with Gasteiger partial charge in [0.15, 0.2) is 0 Å². The average Bonchev–Trinajstić information content (AvgIpc) is 3.27. The van der Waals surface area contributed by atoms with Crippen LogP contribution in [0.25, 0.3) is 0 Å². The van der Waals surface area contributed by atoms with Gasteiger partial charge in [-0.1, -0.05) is 83.1 Å². The van der Waals surface area contributed by atoms with Crippen LogP contribution in [0.4, 0.5) is 0 Å². The molecule has 65 heavy (non-hydrogen) atoms. The molecular formula is C48H92O16Ti. The zero-order valence-corrected chi connectivity index (χ0v) is 45.0. The minimum absolute atomic E-state index is 0. The quantitative estimate of drug-likeness (QED) is 0.0786. The zero-order valence-electron chi connectivity index (χ0n) is 43.5. The van der Waals surface area contributed by atoms with Gasteiger partial charge in [0.25, 0.3) is 0 Å². The first-order valence-corrected chi connectivity index (χ1v) is 24.1. The predicted molar refractivity (Wildman–Crippen MR) is 240 cm³/mol. The summed E-state index contributed by atoms with van der Waals surface area (Å²) in [5.41, 5.74) is -5.26. The maximum absolute atomic E-state index is 11.2. The van der Waals surface area contributed by atoms with Crippen molar-refractivity contribution in [2.75, 3.05) is 52.9 Å². The first-order valence-electron chi connectivity index (χ1n) is 24.1. The van der Waals surface area contributed by atoms with E-state index in [4.69, 9.17) is 37.9 Å². The van der Waals surface area contributed by atoms with Crippen LogP contribution in [0.15, 0.2) is 0 Å². The molecule has 0 spiro atoms. The predicted octanol–water partition coefficient (Wildman–Crippen LogP) is 4.50. The molecule has 0 aromatic carbocycles. The van der Waals surface area contributed by atoms with Gasteiger partial charge in [-0.15, -0.1) is 0 Å². The summed E-state index contributed by atoms with van der Waals surface area (Å²) in [6.45, 7) is 33.4. The Labute approximate surface area is 409 Å². The molecule has 0 N–H and O–H groups in total. The Morgan fingerprint density at radius 2 is 0.462 bits per heavy atom. The van der Waals surface area contributed by atoms with E-state index in [1.807, 2.05) is 55.4 Å². The van der Waals surface area contributed by atoms with Crippen LogP contribution in [0, 0.1) is 0 Å². The Balaban J connectivity index is -0.000000245. The summed E-state index contributed by atoms with van der Waals surface area (Å²) in [5, 5.41) is 45.0. The van der Waals surface area contributed by atoms with Crippen LogP contribution in [-0.4, -0.2) is 124 Å². The summed E-state index contributed by atoms with van der Waals surface area (Å²) in [4.78, 5) is 45.0. The molecule has 0 radical (unpaired) electrons. The fourth-order valence-corrected chi connectivity index (χ4v) is 6.36. The first-order chi connectivity index (χ1) is 30.2. The van der Waals surface area contributed by atoms with Gasteiger partial charge in [-0.3, -0.25) is 0 Å². The third kappa shape index (κ3) is 25.5. The van der Waals surface area contributed by atoms with Crippen molar-refractivity contribution < 1.29 is 99.2 Å². The van der Waals surface area contributed by atoms with Gasteiger partial charge in [-0.2, -0.15) is 0 Å². The van der Waals surface area contributed by atoms with Gasteiger partial charge in [-0.05, 0) is 105 Å². The fourth-order valence-electron chi connectivity index (χ4n) is 6.36. The molecule has 0 saturated heterocycles. The minimum atomic E-state index is -1.31. The molecule has 16 nitrogen and oxygen atoms in total. The summed E-state index contributed by atoms with van der Waals surface area (Å²) in [6.07, 6.45) is 5.93. The van der Waals surface area contributed by atoms with Crippen molar-refractivity contribution in [1.82, 2.24) is 0 Å². The maximum atomic E-state index is 11.2. The Kier molecular flexibility index (Phi) is 47.1. The molecule has 0 saturated carbocycles. The number of rotatable bonds is 36. The molecular weight excluding hydrogens is 880 g/mol. The van der Waals surface area contributed by atoms with Crippen molar-refractivity contribution in [3.63, 3.8) is 0 Å². The minimum Gasteiger partial charge on any atom is -0.547 e. The Hall–Kier alpha value is -1.73. The van der Waals surface area contributed by atoms with E-state index in [-0.39, 0.29) is 21.7 Å². The normalized spacial score (nSPS) is 16.5. The molecule has 0 aliphatic carbocycles. The molecule has 8 atom stereocenters. The van der Waals surface area contributed by atoms with E-state index in [1.165, 1.54) is 0 Å². The number of aliphatic carboxylic acids is 4. The van der Waals surface area contributed by atoms with Crippen LogP contribution < -0.4 is 20.4 Å². The average molecular weight is 973 g/mol. The second-order valence-electron chi connectivity index (χ2n) is 15.6. The van der Waals surface area contributed by atoms with Gasteiger partial charge in [-0.25, -0.2) is 0 Å². The van der Waals surface area contributed by atoms with Crippen molar-refractivity contribution >= 4 is 23.9 Å². The molecule has 0 aromatic heterocycles. The number of hydrogen-bond donors (Lipinski definition) is 0. The van der Waals surface area contributed by atoms with E-state index in [1.54, 1.807) is 55.4 Å². The molecule has 0 rings (SSSR count). The van der Waals surface area contributed by atoms with Crippen molar-refractivity contribution in [2.45, 2.75) is 235 Å². The van der Waals surface area contributed by atoms with E-state index < -0.39 is 70.7 Å². The van der Waals surface area contributed by atoms with Crippen molar-refractivity contribution in [1.29, 1.82) is 0 Å². The van der Waals surface area contributed by atoms with E-state index in [9.17, 15) is 39.6 Å². The van der Waals surface area contributed by atoms with Crippen LogP contribution in [0.2, 0.25) is 0 Å². The van der Waals surface area contributed by atoms with Crippen molar-refractivity contribution in [2.24, 2.45) is 0 Å². The summed E-state index contributed by atoms with van der Waals surface area (Å²) < 4.78 is 43.7. The molecule has 8 unspecified atom stereocenters. The van der Waals surface area contributed by atoms with E-state index in [2.05, 4.69) is 0 Å². The topological polar surface area (TPSA) is 234 Å². The van der Waals surface area contributed by atoms with Gasteiger partial charge in [0.05, 0.1) is 48.3 Å². The molecule has 0 aromatic rings. The monoisotopic (exact) mass is 973 g/mol. The molecule has 0 bridgehead atoms. The van der Waals surface area contributed by atoms with Gasteiger partial charge < -0.3 is 77.5 Å². The van der Waals surface area contributed by atoms with Crippen LogP contribution >= 0.6 is 0 Å². The number of carbonyl (C=O) groups excluding carboxylic acids is 4. The maximum Gasteiger partial charge on any atom is 4.00 e. The molecule has 0 amide bonds. The third-order valence-electron chi connectivity index (χ3n) is 10.7. The number of carboxylic acids is 4. The van der Waals surface area contributed by atoms with E-state index >= 15 is 0 Å². The van der Waals surface area contributed by atoms with Crippen molar-refractivity contribution in [3.8, 4) is 0 Å². The summed E-state index contributed by atoms with van der Waals surface area (Å²) >= 11 is 0. The third-order valence-corrected chi connectivity index (χ3v) is 10.7. The first kappa shape index (κ1) is 72.3. The Morgan fingerprint density at radius 3 is 0.554 bits per heavy atom. The number of carboxylic acid groups (broad SMARTS) is 4. The molecule has 0 heterocycles. The van der Waals surface area contributed by atoms with Gasteiger partial charge in [0.2, 0.25) is 0 Å². The number of ether oxygens (including phenoxy) is 8. The van der Waals surface area contributed by atoms with E-state index in [0.717, 1.165) is 51.4 Å². The van der Waals surface area contributed by atoms with Gasteiger partial charge in [0, 0.05) is 52.9 Å². The largest absolute Gasteiger partial charge is 4.00 e. The van der Waals surface area contributed by atoms with Crippen molar-refractivity contribution in [3.05, 3.63) is 0 Å². The second-order valence-corrected chi connectivity index (χ2v) is 15.6. The molecule has 0 aliphatic heterocycles. The summed E-state index contributed by atoms with van der Waals surface area (Å²) in [7, 11) is 0. The standard InChI is InChI=1S/4C12H24O4.Ti/c4*1-5-8-15-10(4)12(7-3,11(13)14)16-9-6-2;/h4*10H,5-9H2,1-4H3,(H,13,14);/q;;;;+4/p-4. The molecule has 0 fully saturated rings. The zero-order chi connectivity index (χ0) is 50.4. The molecule has 17 heteroatoms. The molecule has 0 aliphatic rings. The van der Waals surface area contributed by atoms with Crippen LogP contribution in [0.3, 0.4) is 0 Å². The number of carbonyl (C=O) groups is 4. The summed E-state index contributed by atoms with van der Waals surface area (Å²) in [6, 6.07) is 0. The van der Waals surface area contributed by atoms with Crippen LogP contribution in [0.5, 0.6) is 0 Å². The van der Waals surface area contributed by atoms with Crippen LogP contribution in [-0.2, 0) is 78.8 Å². The van der Waals surface area contributed by atoms with Gasteiger partial charge >= 0.3 is 21.7 Å². The second kappa shape index (κ2) is 42.4. The summed E-state index contributed by atoms with van der Waals surface area (Å²) in [5.74, 6) is -4.75. The Bertz CT molecular complexity index is 1000.